The molecule has 0 aliphatic carbocycles. The molecule has 24 heavy (non-hydrogen) atoms. The highest BCUT2D eigenvalue weighted by Crippen LogP contribution is 2.47. The number of furan rings is 1. The van der Waals surface area contributed by atoms with Crippen LogP contribution in [-0.4, -0.2) is 23.9 Å². The molecule has 1 aliphatic rings. The molecule has 0 spiro atoms. The third kappa shape index (κ3) is 2.42. The van der Waals surface area contributed by atoms with Crippen molar-refractivity contribution in [2.75, 3.05) is 5.01 Å². The van der Waals surface area contributed by atoms with E-state index in [0.29, 0.717) is 5.01 Å². The van der Waals surface area contributed by atoms with Crippen molar-refractivity contribution in [3.05, 3.63) is 54.5 Å². The molecule has 0 atom stereocenters. The van der Waals surface area contributed by atoms with E-state index in [1.807, 2.05) is 0 Å². The van der Waals surface area contributed by atoms with E-state index in [1.165, 1.54) is 41.8 Å². The Kier molecular flexibility index (Phi) is 3.59. The maximum absolute atomic E-state index is 13.3. The standard InChI is InChI=1S/C14H9F6N3O/c15-13(16,17)12(14(18,19)20)21-11(10-7-4-8-24-10)23(22-12)9-5-2-1-3-6-9/h1-8,22H. The number of hydrogen-bond donors (Lipinski definition) is 1. The molecule has 1 aliphatic heterocycles. The predicted octanol–water partition coefficient (Wildman–Crippen LogP) is 3.87. The van der Waals surface area contributed by atoms with Crippen LogP contribution in [0.1, 0.15) is 5.76 Å². The highest BCUT2D eigenvalue weighted by molar-refractivity contribution is 6.09. The topological polar surface area (TPSA) is 40.8 Å². The van der Waals surface area contributed by atoms with Gasteiger partial charge in [0, 0.05) is 0 Å². The van der Waals surface area contributed by atoms with E-state index >= 15 is 0 Å². The Bertz CT molecular complexity index is 722. The second kappa shape index (κ2) is 5.26. The molecule has 2 heterocycles. The zero-order chi connectivity index (χ0) is 17.6. The normalized spacial score (nSPS) is 17.9. The molecule has 0 amide bonds. The van der Waals surface area contributed by atoms with Crippen LogP contribution >= 0.6 is 0 Å². The van der Waals surface area contributed by atoms with Crippen molar-refractivity contribution >= 4 is 11.5 Å². The third-order valence-electron chi connectivity index (χ3n) is 3.34. The van der Waals surface area contributed by atoms with E-state index in [0.717, 1.165) is 6.26 Å². The molecular weight excluding hydrogens is 340 g/mol. The van der Waals surface area contributed by atoms with Gasteiger partial charge in [0.15, 0.2) is 11.6 Å². The maximum atomic E-state index is 13.3. The lowest BCUT2D eigenvalue weighted by atomic mass is 10.1. The number of nitrogens with zero attached hydrogens (tertiary/aromatic N) is 2. The van der Waals surface area contributed by atoms with Crippen LogP contribution in [0.25, 0.3) is 0 Å². The van der Waals surface area contributed by atoms with Gasteiger partial charge in [-0.25, -0.2) is 4.99 Å². The van der Waals surface area contributed by atoms with Crippen molar-refractivity contribution in [1.29, 1.82) is 0 Å². The Hall–Kier alpha value is -2.49. The van der Waals surface area contributed by atoms with Gasteiger partial charge in [-0.2, -0.15) is 31.8 Å². The molecule has 2 aromatic rings. The minimum Gasteiger partial charge on any atom is -0.461 e. The molecule has 0 fully saturated rings. The van der Waals surface area contributed by atoms with Gasteiger partial charge in [-0.15, -0.1) is 0 Å². The number of benzene rings is 1. The van der Waals surface area contributed by atoms with Gasteiger partial charge in [0.1, 0.15) is 0 Å². The Labute approximate surface area is 131 Å². The number of alkyl halides is 6. The molecule has 0 unspecified atom stereocenters. The second-order valence-electron chi connectivity index (χ2n) is 4.90. The fraction of sp³-hybridized carbons (Fsp3) is 0.214. The van der Waals surface area contributed by atoms with Gasteiger partial charge in [0.05, 0.1) is 12.0 Å². The molecule has 0 saturated heterocycles. The minimum atomic E-state index is -5.72. The number of rotatable bonds is 2. The molecule has 128 valence electrons. The molecule has 1 N–H and O–H groups in total. The summed E-state index contributed by atoms with van der Waals surface area (Å²) in [6.45, 7) is 0. The highest BCUT2D eigenvalue weighted by atomic mass is 19.4. The van der Waals surface area contributed by atoms with E-state index < -0.39 is 23.9 Å². The second-order valence-corrected chi connectivity index (χ2v) is 4.90. The molecule has 10 heteroatoms. The molecule has 0 saturated carbocycles. The summed E-state index contributed by atoms with van der Waals surface area (Å²) in [5, 5.41) is 0.611. The fourth-order valence-electron chi connectivity index (χ4n) is 2.20. The van der Waals surface area contributed by atoms with Gasteiger partial charge in [0.25, 0.3) is 0 Å². The Morgan fingerprint density at radius 2 is 1.54 bits per heavy atom. The summed E-state index contributed by atoms with van der Waals surface area (Å²) in [4.78, 5) is 2.95. The van der Waals surface area contributed by atoms with Crippen molar-refractivity contribution in [1.82, 2.24) is 5.43 Å². The van der Waals surface area contributed by atoms with Crippen molar-refractivity contribution in [3.8, 4) is 0 Å². The van der Waals surface area contributed by atoms with E-state index in [-0.39, 0.29) is 11.4 Å². The SMILES string of the molecule is FC(F)(F)C1(C(F)(F)F)N=C(c2ccco2)N(c2ccccc2)N1. The smallest absolute Gasteiger partial charge is 0.438 e. The lowest BCUT2D eigenvalue weighted by Crippen LogP contribution is -2.65. The van der Waals surface area contributed by atoms with E-state index in [4.69, 9.17) is 4.42 Å². The Balaban J connectivity index is 2.19. The van der Waals surface area contributed by atoms with E-state index in [9.17, 15) is 26.3 Å². The van der Waals surface area contributed by atoms with Crippen molar-refractivity contribution in [2.45, 2.75) is 18.0 Å². The molecule has 3 rings (SSSR count). The molecule has 1 aromatic carbocycles. The summed E-state index contributed by atoms with van der Waals surface area (Å²) in [5.41, 5.74) is -2.96. The molecular formula is C14H9F6N3O. The predicted molar refractivity (Wildman–Crippen MR) is 72.1 cm³/mol. The summed E-state index contributed by atoms with van der Waals surface area (Å²) in [7, 11) is 0. The van der Waals surface area contributed by atoms with Crippen molar-refractivity contribution < 1.29 is 30.8 Å². The summed E-state index contributed by atoms with van der Waals surface area (Å²) in [6.07, 6.45) is -10.3. The number of nitrogens with one attached hydrogen (secondary N) is 1. The number of amidine groups is 1. The zero-order valence-electron chi connectivity index (χ0n) is 11.7. The van der Waals surface area contributed by atoms with Crippen LogP contribution in [0.15, 0.2) is 58.1 Å². The van der Waals surface area contributed by atoms with E-state index in [1.54, 1.807) is 6.07 Å². The number of hydrazine groups is 1. The van der Waals surface area contributed by atoms with Crippen molar-refractivity contribution in [3.63, 3.8) is 0 Å². The summed E-state index contributed by atoms with van der Waals surface area (Å²) in [5.74, 6) is -0.859. The van der Waals surface area contributed by atoms with Crippen LogP contribution in [-0.2, 0) is 0 Å². The summed E-state index contributed by atoms with van der Waals surface area (Å²) >= 11 is 0. The number of aliphatic imine (C=N–C) groups is 1. The average Bonchev–Trinajstić information content (AvgIpc) is 3.14. The van der Waals surface area contributed by atoms with Crippen LogP contribution in [0.5, 0.6) is 0 Å². The first-order chi connectivity index (χ1) is 11.2. The van der Waals surface area contributed by atoms with Crippen LogP contribution in [0.3, 0.4) is 0 Å². The number of para-hydroxylation sites is 1. The van der Waals surface area contributed by atoms with Crippen LogP contribution in [0, 0.1) is 0 Å². The number of hydrogen-bond acceptors (Lipinski definition) is 4. The largest absolute Gasteiger partial charge is 0.461 e. The Morgan fingerprint density at radius 3 is 2.04 bits per heavy atom. The van der Waals surface area contributed by atoms with Crippen LogP contribution in [0.2, 0.25) is 0 Å². The average molecular weight is 349 g/mol. The van der Waals surface area contributed by atoms with Gasteiger partial charge in [-0.3, -0.25) is 5.01 Å². The number of halogens is 6. The Morgan fingerprint density at radius 1 is 0.917 bits per heavy atom. The van der Waals surface area contributed by atoms with Gasteiger partial charge in [-0.05, 0) is 24.3 Å². The highest BCUT2D eigenvalue weighted by Gasteiger charge is 2.75. The first kappa shape index (κ1) is 16.4. The first-order valence-corrected chi connectivity index (χ1v) is 6.56. The molecule has 4 nitrogen and oxygen atoms in total. The minimum absolute atomic E-state index is 0.0445. The molecule has 0 radical (unpaired) electrons. The van der Waals surface area contributed by atoms with Crippen LogP contribution in [0.4, 0.5) is 32.0 Å². The maximum Gasteiger partial charge on any atom is 0.438 e. The van der Waals surface area contributed by atoms with Gasteiger partial charge in [-0.1, -0.05) is 18.2 Å². The lowest BCUT2D eigenvalue weighted by Gasteiger charge is -2.32. The first-order valence-electron chi connectivity index (χ1n) is 6.56. The van der Waals surface area contributed by atoms with Gasteiger partial charge in [0.2, 0.25) is 0 Å². The monoisotopic (exact) mass is 349 g/mol. The summed E-state index contributed by atoms with van der Waals surface area (Å²) in [6, 6.07) is 9.75. The lowest BCUT2D eigenvalue weighted by molar-refractivity contribution is -0.302. The molecule has 0 bridgehead atoms. The third-order valence-corrected chi connectivity index (χ3v) is 3.34. The quantitative estimate of drug-likeness (QED) is 0.837. The van der Waals surface area contributed by atoms with Crippen molar-refractivity contribution in [2.24, 2.45) is 4.99 Å². The zero-order valence-corrected chi connectivity index (χ0v) is 11.7. The van der Waals surface area contributed by atoms with Crippen LogP contribution < -0.4 is 10.4 Å². The summed E-state index contributed by atoms with van der Waals surface area (Å²) < 4.78 is 84.6. The molecule has 1 aromatic heterocycles. The number of anilines is 1. The fourth-order valence-corrected chi connectivity index (χ4v) is 2.20. The van der Waals surface area contributed by atoms with Gasteiger partial charge < -0.3 is 4.42 Å². The van der Waals surface area contributed by atoms with Gasteiger partial charge >= 0.3 is 18.0 Å². The van der Waals surface area contributed by atoms with E-state index in [2.05, 4.69) is 4.99 Å².